The van der Waals surface area contributed by atoms with Gasteiger partial charge in [0.05, 0.1) is 23.9 Å². The van der Waals surface area contributed by atoms with E-state index in [0.717, 1.165) is 0 Å². The van der Waals surface area contributed by atoms with Crippen molar-refractivity contribution in [3.63, 3.8) is 0 Å². The van der Waals surface area contributed by atoms with Gasteiger partial charge in [0, 0.05) is 0 Å². The van der Waals surface area contributed by atoms with Gasteiger partial charge in [0.2, 0.25) is 0 Å². The molecule has 0 saturated carbocycles. The average Bonchev–Trinajstić information content (AvgIpc) is 2.35. The van der Waals surface area contributed by atoms with Gasteiger partial charge in [-0.2, -0.15) is 0 Å². The summed E-state index contributed by atoms with van der Waals surface area (Å²) in [6, 6.07) is 0. The summed E-state index contributed by atoms with van der Waals surface area (Å²) in [6.45, 7) is 0. The predicted octanol–water partition coefficient (Wildman–Crippen LogP) is -21.6. The van der Waals surface area contributed by atoms with Gasteiger partial charge >= 0.3 is 184 Å². The molecule has 0 aliphatic rings. The van der Waals surface area contributed by atoms with Gasteiger partial charge in [-0.25, -0.2) is 0 Å². The molecule has 0 aromatic heterocycles. The number of carbonyl (C=O) groups is 4. The van der Waals surface area contributed by atoms with Gasteiger partial charge in [-0.05, 0) is 0 Å². The van der Waals surface area contributed by atoms with Crippen LogP contribution in [0.5, 0.6) is 0 Å². The molecule has 0 rings (SSSR count). The molecule has 16 heteroatoms. The fourth-order valence-electron chi connectivity index (χ4n) is 0.516. The summed E-state index contributed by atoms with van der Waals surface area (Å²) < 4.78 is 0. The minimum absolute atomic E-state index is 0. The van der Waals surface area contributed by atoms with E-state index in [0.29, 0.717) is 0 Å². The van der Waals surface area contributed by atoms with Gasteiger partial charge in [-0.1, -0.05) is 0 Å². The molecule has 0 aromatic carbocycles. The van der Waals surface area contributed by atoms with Crippen molar-refractivity contribution in [2.24, 2.45) is 0 Å². The molecule has 0 radical (unpaired) electrons. The number of rotatable bonds is 6. The zero-order valence-electron chi connectivity index (χ0n) is 13.4. The predicted molar refractivity (Wildman–Crippen MR) is 44.1 cm³/mol. The first-order valence-electron chi connectivity index (χ1n) is 4.49. The summed E-state index contributed by atoms with van der Waals surface area (Å²) in [5, 5.41) is 71.5. The van der Waals surface area contributed by atoms with Crippen LogP contribution in [0, 0.1) is 0 Å². The molecular formula is C8H8K3NaO12. The summed E-state index contributed by atoms with van der Waals surface area (Å²) in [4.78, 5) is 38.5. The van der Waals surface area contributed by atoms with Crippen molar-refractivity contribution in [2.45, 2.75) is 24.4 Å². The number of carbonyl (C=O) groups excluding carboxylic acids is 4. The van der Waals surface area contributed by atoms with Crippen molar-refractivity contribution in [2.75, 3.05) is 0 Å². The van der Waals surface area contributed by atoms with Crippen LogP contribution in [0.3, 0.4) is 0 Å². The molecule has 0 fully saturated rings. The van der Waals surface area contributed by atoms with E-state index < -0.39 is 48.3 Å². The van der Waals surface area contributed by atoms with Crippen molar-refractivity contribution >= 4 is 23.9 Å². The van der Waals surface area contributed by atoms with Crippen LogP contribution in [-0.2, 0) is 19.2 Å². The Morgan fingerprint density at radius 2 is 0.583 bits per heavy atom. The van der Waals surface area contributed by atoms with E-state index in [1.807, 2.05) is 0 Å². The Labute approximate surface area is 284 Å². The van der Waals surface area contributed by atoms with E-state index in [4.69, 9.17) is 20.4 Å². The molecule has 0 saturated heterocycles. The molecule has 0 aliphatic heterocycles. The zero-order valence-corrected chi connectivity index (χ0v) is 24.7. The molecule has 0 spiro atoms. The standard InChI is InChI=1S/2C4H6O6.3K.Na/c2*5-1(3(7)8)2(6)4(9)10;;;;/h2*1-2,5-6H,(H,7,8)(H,9,10);;;;/q;;4*+1/p-4. The largest absolute Gasteiger partial charge is 1.00 e. The molecule has 4 unspecified atom stereocenters. The normalized spacial score (nSPS) is 13.2. The Morgan fingerprint density at radius 1 is 0.500 bits per heavy atom. The second-order valence-electron chi connectivity index (χ2n) is 3.06. The molecule has 4 N–H and O–H groups in total. The number of aliphatic carboxylic acids is 4. The number of aliphatic hydroxyl groups excluding tert-OH is 4. The van der Waals surface area contributed by atoms with E-state index in [9.17, 15) is 39.6 Å². The smallest absolute Gasteiger partial charge is 0.547 e. The van der Waals surface area contributed by atoms with E-state index in [-0.39, 0.29) is 184 Å². The van der Waals surface area contributed by atoms with Crippen LogP contribution in [0.1, 0.15) is 0 Å². The Balaban J connectivity index is -0.0000000579. The second-order valence-corrected chi connectivity index (χ2v) is 3.06. The van der Waals surface area contributed by atoms with Crippen LogP contribution in [-0.4, -0.2) is 68.7 Å². The zero-order chi connectivity index (χ0) is 16.6. The molecule has 0 aliphatic carbocycles. The molecule has 24 heavy (non-hydrogen) atoms. The monoisotopic (exact) mass is 436 g/mol. The van der Waals surface area contributed by atoms with E-state index in [1.165, 1.54) is 0 Å². The molecule has 4 atom stereocenters. The first-order chi connectivity index (χ1) is 8.93. The second kappa shape index (κ2) is 22.9. The summed E-state index contributed by atoms with van der Waals surface area (Å²) in [6.07, 6.45) is -9.76. The van der Waals surface area contributed by atoms with E-state index in [1.54, 1.807) is 0 Å². The van der Waals surface area contributed by atoms with Crippen LogP contribution in [0.25, 0.3) is 0 Å². The Bertz CT molecular complexity index is 322. The van der Waals surface area contributed by atoms with Crippen molar-refractivity contribution in [3.8, 4) is 0 Å². The Kier molecular flexibility index (Phi) is 40.0. The van der Waals surface area contributed by atoms with Crippen LogP contribution >= 0.6 is 0 Å². The van der Waals surface area contributed by atoms with Crippen molar-refractivity contribution < 1.29 is 244 Å². The van der Waals surface area contributed by atoms with Crippen molar-refractivity contribution in [1.82, 2.24) is 0 Å². The van der Waals surface area contributed by atoms with E-state index in [2.05, 4.69) is 0 Å². The third kappa shape index (κ3) is 20.4. The molecule has 12 nitrogen and oxygen atoms in total. The maximum Gasteiger partial charge on any atom is 1.00 e. The van der Waals surface area contributed by atoms with Crippen LogP contribution in [0.15, 0.2) is 0 Å². The van der Waals surface area contributed by atoms with Crippen molar-refractivity contribution in [3.05, 3.63) is 0 Å². The third-order valence-electron chi connectivity index (χ3n) is 1.56. The Morgan fingerprint density at radius 3 is 0.625 bits per heavy atom. The molecular weight excluding hydrogens is 428 g/mol. The minimum atomic E-state index is -2.44. The molecule has 0 heterocycles. The van der Waals surface area contributed by atoms with Gasteiger partial charge < -0.3 is 60.0 Å². The number of carboxylic acids is 4. The number of hydrogen-bond donors (Lipinski definition) is 4. The first-order valence-corrected chi connectivity index (χ1v) is 4.49. The van der Waals surface area contributed by atoms with Gasteiger partial charge in [0.1, 0.15) is 24.4 Å². The van der Waals surface area contributed by atoms with Crippen LogP contribution in [0.2, 0.25) is 0 Å². The van der Waals surface area contributed by atoms with Gasteiger partial charge in [-0.3, -0.25) is 0 Å². The number of aliphatic hydroxyl groups is 4. The molecule has 0 bridgehead atoms. The van der Waals surface area contributed by atoms with Crippen LogP contribution < -0.4 is 204 Å². The summed E-state index contributed by atoms with van der Waals surface area (Å²) >= 11 is 0. The molecule has 0 aromatic rings. The molecule has 116 valence electrons. The summed E-state index contributed by atoms with van der Waals surface area (Å²) in [5.41, 5.74) is 0. The maximum atomic E-state index is 9.63. The van der Waals surface area contributed by atoms with Crippen molar-refractivity contribution in [1.29, 1.82) is 0 Å². The third-order valence-corrected chi connectivity index (χ3v) is 1.56. The number of carboxylic acid groups (broad SMARTS) is 4. The maximum absolute atomic E-state index is 9.63. The fourth-order valence-corrected chi connectivity index (χ4v) is 0.516. The Hall–Kier alpha value is 3.63. The fraction of sp³-hybridized carbons (Fsp3) is 0.500. The minimum Gasteiger partial charge on any atom is -0.547 e. The number of hydrogen-bond acceptors (Lipinski definition) is 12. The van der Waals surface area contributed by atoms with Gasteiger partial charge in [0.25, 0.3) is 0 Å². The van der Waals surface area contributed by atoms with Gasteiger partial charge in [0.15, 0.2) is 0 Å². The SMILES string of the molecule is O=C([O-])C(O)C(O)C(=O)[O-].O=C([O-])C(O)C(O)C(=O)[O-].[K+].[K+].[K+].[Na+]. The van der Waals surface area contributed by atoms with Gasteiger partial charge in [-0.15, -0.1) is 0 Å². The summed E-state index contributed by atoms with van der Waals surface area (Å²) in [7, 11) is 0. The quantitative estimate of drug-likeness (QED) is 0.284. The summed E-state index contributed by atoms with van der Waals surface area (Å²) in [5.74, 6) is -8.23. The average molecular weight is 436 g/mol. The molecule has 0 amide bonds. The van der Waals surface area contributed by atoms with Crippen LogP contribution in [0.4, 0.5) is 0 Å². The van der Waals surface area contributed by atoms with E-state index >= 15 is 0 Å². The first kappa shape index (κ1) is 41.9. The topological polar surface area (TPSA) is 241 Å².